The second-order valence-corrected chi connectivity index (χ2v) is 12.6. The van der Waals surface area contributed by atoms with Gasteiger partial charge in [0.2, 0.25) is 11.8 Å². The number of para-hydroxylation sites is 1. The number of sulfonamides is 1. The van der Waals surface area contributed by atoms with Crippen LogP contribution in [0.5, 0.6) is 11.5 Å². The second kappa shape index (κ2) is 14.7. The fourth-order valence-electron chi connectivity index (χ4n) is 4.49. The van der Waals surface area contributed by atoms with E-state index in [0.29, 0.717) is 11.5 Å². The molecule has 8 nitrogen and oxygen atoms in total. The minimum Gasteiger partial charge on any atom is -0.457 e. The molecule has 9 heteroatoms. The number of hydrogen-bond donors (Lipinski definition) is 1. The van der Waals surface area contributed by atoms with E-state index in [0.717, 1.165) is 21.9 Å². The Morgan fingerprint density at radius 2 is 1.36 bits per heavy atom. The van der Waals surface area contributed by atoms with Crippen molar-refractivity contribution in [1.29, 1.82) is 0 Å². The van der Waals surface area contributed by atoms with Crippen molar-refractivity contribution in [1.82, 2.24) is 10.2 Å². The fraction of sp³-hybridized carbons (Fsp3) is 0.257. The normalized spacial score (nSPS) is 12.5. The topological polar surface area (TPSA) is 96.0 Å². The average Bonchev–Trinajstić information content (AvgIpc) is 3.04. The van der Waals surface area contributed by atoms with Crippen molar-refractivity contribution in [2.45, 2.75) is 57.6 Å². The van der Waals surface area contributed by atoms with Crippen LogP contribution in [-0.2, 0) is 26.2 Å². The van der Waals surface area contributed by atoms with E-state index in [9.17, 15) is 18.0 Å². The van der Waals surface area contributed by atoms with Gasteiger partial charge in [-0.2, -0.15) is 0 Å². The number of hydrogen-bond acceptors (Lipinski definition) is 5. The van der Waals surface area contributed by atoms with Crippen molar-refractivity contribution in [2.75, 3.05) is 10.8 Å². The van der Waals surface area contributed by atoms with Crippen LogP contribution in [0.1, 0.15) is 38.3 Å². The zero-order valence-electron chi connectivity index (χ0n) is 25.5. The van der Waals surface area contributed by atoms with E-state index in [1.807, 2.05) is 75.4 Å². The first-order chi connectivity index (χ1) is 21.1. The second-order valence-electron chi connectivity index (χ2n) is 10.7. The highest BCUT2D eigenvalue weighted by molar-refractivity contribution is 7.92. The van der Waals surface area contributed by atoms with Crippen molar-refractivity contribution in [3.8, 4) is 11.5 Å². The van der Waals surface area contributed by atoms with E-state index in [4.69, 9.17) is 4.74 Å². The van der Waals surface area contributed by atoms with Gasteiger partial charge in [-0.25, -0.2) is 8.42 Å². The number of rotatable bonds is 13. The van der Waals surface area contributed by atoms with Crippen LogP contribution in [0, 0.1) is 6.92 Å². The lowest BCUT2D eigenvalue weighted by Crippen LogP contribution is -2.52. The SMILES string of the molecule is CC[C@@H](C)NC(=O)[C@@H](C)N(Cc1ccc(C)cc1)C(=O)CN(c1ccc(Oc2ccccc2)cc1)S(=O)(=O)c1ccccc1. The summed E-state index contributed by atoms with van der Waals surface area (Å²) in [6.07, 6.45) is 0.734. The molecule has 1 N–H and O–H groups in total. The predicted molar refractivity (Wildman–Crippen MR) is 173 cm³/mol. The maximum atomic E-state index is 14.1. The maximum absolute atomic E-state index is 14.1. The van der Waals surface area contributed by atoms with Crippen LogP contribution in [0.25, 0.3) is 0 Å². The quantitative estimate of drug-likeness (QED) is 0.191. The van der Waals surface area contributed by atoms with Gasteiger partial charge >= 0.3 is 0 Å². The van der Waals surface area contributed by atoms with Gasteiger partial charge in [0.1, 0.15) is 24.1 Å². The summed E-state index contributed by atoms with van der Waals surface area (Å²) in [7, 11) is -4.16. The predicted octanol–water partition coefficient (Wildman–Crippen LogP) is 6.31. The van der Waals surface area contributed by atoms with Gasteiger partial charge < -0.3 is 15.0 Å². The Morgan fingerprint density at radius 1 is 0.795 bits per heavy atom. The third kappa shape index (κ3) is 8.26. The lowest BCUT2D eigenvalue weighted by molar-refractivity contribution is -0.139. The molecule has 0 aliphatic rings. The van der Waals surface area contributed by atoms with Gasteiger partial charge in [0.05, 0.1) is 10.6 Å². The molecule has 0 saturated carbocycles. The lowest BCUT2D eigenvalue weighted by Gasteiger charge is -2.32. The zero-order chi connectivity index (χ0) is 31.7. The Balaban J connectivity index is 1.68. The summed E-state index contributed by atoms with van der Waals surface area (Å²) < 4.78 is 35.0. The number of carbonyl (C=O) groups is 2. The Hall–Kier alpha value is -4.63. The van der Waals surface area contributed by atoms with Crippen molar-refractivity contribution in [3.63, 3.8) is 0 Å². The van der Waals surface area contributed by atoms with Crippen molar-refractivity contribution >= 4 is 27.5 Å². The van der Waals surface area contributed by atoms with Gasteiger partial charge in [-0.05, 0) is 81.3 Å². The molecule has 2 atom stereocenters. The molecule has 2 amide bonds. The first kappa shape index (κ1) is 32.3. The van der Waals surface area contributed by atoms with Crippen molar-refractivity contribution < 1.29 is 22.7 Å². The standard InChI is InChI=1S/C35H39N3O5S/c1-5-27(3)36-35(40)28(4)37(24-29-18-16-26(2)17-19-29)34(39)25-38(44(41,42)33-14-10-7-11-15-33)30-20-22-32(23-21-30)43-31-12-8-6-9-13-31/h6-23,27-28H,5,24-25H2,1-4H3,(H,36,40)/t27-,28-/m1/s1. The number of anilines is 1. The molecule has 4 aromatic rings. The highest BCUT2D eigenvalue weighted by Gasteiger charge is 2.32. The molecule has 0 saturated heterocycles. The molecule has 0 fully saturated rings. The summed E-state index contributed by atoms with van der Waals surface area (Å²) in [6, 6.07) is 30.5. The summed E-state index contributed by atoms with van der Waals surface area (Å²) in [6.45, 7) is 7.12. The first-order valence-electron chi connectivity index (χ1n) is 14.6. The lowest BCUT2D eigenvalue weighted by atomic mass is 10.1. The summed E-state index contributed by atoms with van der Waals surface area (Å²) in [4.78, 5) is 28.8. The van der Waals surface area contributed by atoms with E-state index < -0.39 is 28.5 Å². The van der Waals surface area contributed by atoms with Gasteiger partial charge in [0.25, 0.3) is 10.0 Å². The van der Waals surface area contributed by atoms with E-state index in [2.05, 4.69) is 5.32 Å². The highest BCUT2D eigenvalue weighted by atomic mass is 32.2. The van der Waals surface area contributed by atoms with E-state index in [1.165, 1.54) is 17.0 Å². The molecule has 0 aliphatic carbocycles. The Bertz CT molecular complexity index is 1630. The van der Waals surface area contributed by atoms with E-state index >= 15 is 0 Å². The third-order valence-electron chi connectivity index (χ3n) is 7.36. The third-order valence-corrected chi connectivity index (χ3v) is 9.14. The van der Waals surface area contributed by atoms with Gasteiger partial charge in [-0.3, -0.25) is 13.9 Å². The molecule has 44 heavy (non-hydrogen) atoms. The van der Waals surface area contributed by atoms with Crippen molar-refractivity contribution in [3.05, 3.63) is 120 Å². The summed E-state index contributed by atoms with van der Waals surface area (Å²) >= 11 is 0. The maximum Gasteiger partial charge on any atom is 0.264 e. The van der Waals surface area contributed by atoms with E-state index in [1.54, 1.807) is 49.4 Å². The van der Waals surface area contributed by atoms with Gasteiger partial charge in [-0.15, -0.1) is 0 Å². The molecule has 0 bridgehead atoms. The van der Waals surface area contributed by atoms with Crippen LogP contribution in [0.4, 0.5) is 5.69 Å². The molecular weight excluding hydrogens is 574 g/mol. The Morgan fingerprint density at radius 3 is 1.95 bits per heavy atom. The Kier molecular flexibility index (Phi) is 10.8. The fourth-order valence-corrected chi connectivity index (χ4v) is 5.93. The highest BCUT2D eigenvalue weighted by Crippen LogP contribution is 2.28. The largest absolute Gasteiger partial charge is 0.457 e. The number of ether oxygens (including phenoxy) is 1. The molecule has 0 aromatic heterocycles. The molecule has 0 radical (unpaired) electrons. The number of aryl methyl sites for hydroxylation is 1. The summed E-state index contributed by atoms with van der Waals surface area (Å²) in [5, 5.41) is 2.95. The minimum absolute atomic E-state index is 0.0464. The number of nitrogens with one attached hydrogen (secondary N) is 1. The first-order valence-corrected chi connectivity index (χ1v) is 16.1. The summed E-state index contributed by atoms with van der Waals surface area (Å²) in [5.41, 5.74) is 2.18. The van der Waals surface area contributed by atoms with Crippen LogP contribution in [-0.4, -0.2) is 43.8 Å². The average molecular weight is 614 g/mol. The number of carbonyl (C=O) groups excluding carboxylic acids is 2. The molecule has 0 unspecified atom stereocenters. The van der Waals surface area contributed by atoms with Gasteiger partial charge in [-0.1, -0.05) is 73.2 Å². The minimum atomic E-state index is -4.16. The van der Waals surface area contributed by atoms with Crippen LogP contribution in [0.3, 0.4) is 0 Å². The molecule has 0 spiro atoms. The number of amides is 2. The van der Waals surface area contributed by atoms with E-state index in [-0.39, 0.29) is 29.1 Å². The number of nitrogens with zero attached hydrogens (tertiary/aromatic N) is 2. The Labute approximate surface area is 260 Å². The zero-order valence-corrected chi connectivity index (χ0v) is 26.3. The van der Waals surface area contributed by atoms with Crippen LogP contribution in [0.15, 0.2) is 114 Å². The van der Waals surface area contributed by atoms with Crippen LogP contribution < -0.4 is 14.4 Å². The molecule has 230 valence electrons. The molecule has 0 aliphatic heterocycles. The van der Waals surface area contributed by atoms with Gasteiger partial charge in [0, 0.05) is 12.6 Å². The molecule has 4 rings (SSSR count). The molecular formula is C35H39N3O5S. The van der Waals surface area contributed by atoms with Gasteiger partial charge in [0.15, 0.2) is 0 Å². The van der Waals surface area contributed by atoms with Crippen LogP contribution >= 0.6 is 0 Å². The summed E-state index contributed by atoms with van der Waals surface area (Å²) in [5.74, 6) is 0.335. The monoisotopic (exact) mass is 613 g/mol. The molecule has 4 aromatic carbocycles. The van der Waals surface area contributed by atoms with Crippen LogP contribution in [0.2, 0.25) is 0 Å². The number of benzene rings is 4. The smallest absolute Gasteiger partial charge is 0.264 e. The van der Waals surface area contributed by atoms with Crippen molar-refractivity contribution in [2.24, 2.45) is 0 Å². The molecule has 0 heterocycles.